The zero-order chi connectivity index (χ0) is 16.7. The van der Waals surface area contributed by atoms with Gasteiger partial charge in [-0.15, -0.1) is 0 Å². The van der Waals surface area contributed by atoms with Crippen molar-refractivity contribution >= 4 is 5.91 Å². The van der Waals surface area contributed by atoms with E-state index in [0.29, 0.717) is 16.9 Å². The van der Waals surface area contributed by atoms with Gasteiger partial charge in [0.2, 0.25) is 0 Å². The molecule has 1 heterocycles. The summed E-state index contributed by atoms with van der Waals surface area (Å²) in [5, 5.41) is 8.83. The van der Waals surface area contributed by atoms with Crippen LogP contribution in [0.2, 0.25) is 0 Å². The van der Waals surface area contributed by atoms with Crippen LogP contribution in [0.15, 0.2) is 18.2 Å². The quantitative estimate of drug-likeness (QED) is 0.641. The molecule has 24 heavy (non-hydrogen) atoms. The first kappa shape index (κ1) is 16.1. The Kier molecular flexibility index (Phi) is 4.13. The Hall–Kier alpha value is -1.39. The molecule has 0 saturated heterocycles. The summed E-state index contributed by atoms with van der Waals surface area (Å²) in [6.07, 6.45) is 9.97. The van der Waals surface area contributed by atoms with Gasteiger partial charge >= 0.3 is 0 Å². The Labute approximate surface area is 144 Å². The van der Waals surface area contributed by atoms with Crippen molar-refractivity contribution in [2.24, 2.45) is 5.41 Å². The molecule has 1 spiro atoms. The molecule has 1 aromatic rings. The fourth-order valence-corrected chi connectivity index (χ4v) is 5.32. The lowest BCUT2D eigenvalue weighted by atomic mass is 9.58. The summed E-state index contributed by atoms with van der Waals surface area (Å²) in [6.45, 7) is 4.33. The standard InChI is InChI=1S/C20H28N2O2/c1-14-12-22(17-10-20(11-17)7-3-2-4-8-20)13-16-6-5-15(9-18(14)16)19(23)21-24/h5-6,9,14,17,24H,2-4,7-8,10-13H2,1H3,(H,21,23). The van der Waals surface area contributed by atoms with Gasteiger partial charge in [-0.2, -0.15) is 0 Å². The van der Waals surface area contributed by atoms with Crippen molar-refractivity contribution in [2.45, 2.75) is 70.4 Å². The minimum absolute atomic E-state index is 0.425. The SMILES string of the molecule is CC1CN(C2CC3(CCCCC3)C2)Cc2ccc(C(=O)NO)cc21. The van der Waals surface area contributed by atoms with Gasteiger partial charge in [-0.1, -0.05) is 32.3 Å². The highest BCUT2D eigenvalue weighted by Gasteiger charge is 2.47. The Morgan fingerprint density at radius 2 is 2.00 bits per heavy atom. The van der Waals surface area contributed by atoms with Gasteiger partial charge in [0, 0.05) is 24.7 Å². The van der Waals surface area contributed by atoms with Gasteiger partial charge in [-0.05, 0) is 60.3 Å². The largest absolute Gasteiger partial charge is 0.295 e. The molecule has 130 valence electrons. The third-order valence-electron chi connectivity index (χ3n) is 6.69. The van der Waals surface area contributed by atoms with Crippen molar-refractivity contribution in [3.63, 3.8) is 0 Å². The number of hydrogen-bond acceptors (Lipinski definition) is 3. The van der Waals surface area contributed by atoms with E-state index in [2.05, 4.69) is 17.9 Å². The molecule has 0 radical (unpaired) electrons. The van der Waals surface area contributed by atoms with Crippen LogP contribution in [0.25, 0.3) is 0 Å². The molecule has 2 fully saturated rings. The number of rotatable bonds is 2. The molecule has 0 aromatic heterocycles. The Morgan fingerprint density at radius 1 is 1.25 bits per heavy atom. The number of amides is 1. The lowest BCUT2D eigenvalue weighted by Gasteiger charge is -2.55. The first-order chi connectivity index (χ1) is 11.6. The molecule has 4 heteroatoms. The van der Waals surface area contributed by atoms with Gasteiger partial charge in [-0.3, -0.25) is 14.9 Å². The summed E-state index contributed by atoms with van der Waals surface area (Å²) in [7, 11) is 0. The van der Waals surface area contributed by atoms with Crippen molar-refractivity contribution in [1.29, 1.82) is 0 Å². The van der Waals surface area contributed by atoms with Crippen LogP contribution >= 0.6 is 0 Å². The van der Waals surface area contributed by atoms with Gasteiger partial charge in [0.25, 0.3) is 5.91 Å². The lowest BCUT2D eigenvalue weighted by Crippen LogP contribution is -2.53. The van der Waals surface area contributed by atoms with Crippen LogP contribution in [0.4, 0.5) is 0 Å². The number of nitrogens with zero attached hydrogens (tertiary/aromatic N) is 1. The monoisotopic (exact) mass is 328 g/mol. The first-order valence-corrected chi connectivity index (χ1v) is 9.41. The number of carbonyl (C=O) groups excluding carboxylic acids is 1. The van der Waals surface area contributed by atoms with E-state index in [0.717, 1.165) is 19.1 Å². The van der Waals surface area contributed by atoms with E-state index in [1.807, 2.05) is 12.1 Å². The molecule has 1 aromatic carbocycles. The predicted octanol–water partition coefficient (Wildman–Crippen LogP) is 3.84. The van der Waals surface area contributed by atoms with Crippen LogP contribution in [-0.2, 0) is 6.54 Å². The normalized spacial score (nSPS) is 26.7. The number of nitrogens with one attached hydrogen (secondary N) is 1. The number of hydroxylamine groups is 1. The molecule has 0 bridgehead atoms. The number of carbonyl (C=O) groups is 1. The average molecular weight is 328 g/mol. The summed E-state index contributed by atoms with van der Waals surface area (Å²) in [6, 6.07) is 6.59. The van der Waals surface area contributed by atoms with Gasteiger partial charge < -0.3 is 0 Å². The second-order valence-corrected chi connectivity index (χ2v) is 8.31. The maximum absolute atomic E-state index is 11.6. The fraction of sp³-hybridized carbons (Fsp3) is 0.650. The van der Waals surface area contributed by atoms with Gasteiger partial charge in [0.1, 0.15) is 0 Å². The van der Waals surface area contributed by atoms with Gasteiger partial charge in [0.05, 0.1) is 0 Å². The summed E-state index contributed by atoms with van der Waals surface area (Å²) < 4.78 is 0. The van der Waals surface area contributed by atoms with Crippen molar-refractivity contribution in [3.05, 3.63) is 34.9 Å². The van der Waals surface area contributed by atoms with E-state index in [1.54, 1.807) is 5.48 Å². The molecule has 4 nitrogen and oxygen atoms in total. The summed E-state index contributed by atoms with van der Waals surface area (Å²) >= 11 is 0. The summed E-state index contributed by atoms with van der Waals surface area (Å²) in [5.74, 6) is 0.00811. The summed E-state index contributed by atoms with van der Waals surface area (Å²) in [4.78, 5) is 14.3. The highest BCUT2D eigenvalue weighted by atomic mass is 16.5. The van der Waals surface area contributed by atoms with Crippen LogP contribution in [0.3, 0.4) is 0 Å². The summed E-state index contributed by atoms with van der Waals surface area (Å²) in [5.41, 5.74) is 5.55. The molecule has 4 rings (SSSR count). The predicted molar refractivity (Wildman–Crippen MR) is 93.1 cm³/mol. The molecular weight excluding hydrogens is 300 g/mol. The molecular formula is C20H28N2O2. The van der Waals surface area contributed by atoms with Gasteiger partial charge in [0.15, 0.2) is 0 Å². The maximum Gasteiger partial charge on any atom is 0.274 e. The Morgan fingerprint density at radius 3 is 2.71 bits per heavy atom. The minimum Gasteiger partial charge on any atom is -0.295 e. The average Bonchev–Trinajstić information content (AvgIpc) is 2.59. The number of hydrogen-bond donors (Lipinski definition) is 2. The number of fused-ring (bicyclic) bond motifs is 1. The lowest BCUT2D eigenvalue weighted by molar-refractivity contribution is -0.0334. The van der Waals surface area contributed by atoms with Crippen molar-refractivity contribution < 1.29 is 10.0 Å². The zero-order valence-electron chi connectivity index (χ0n) is 14.6. The smallest absolute Gasteiger partial charge is 0.274 e. The molecule has 2 N–H and O–H groups in total. The first-order valence-electron chi connectivity index (χ1n) is 9.41. The van der Waals surface area contributed by atoms with Crippen molar-refractivity contribution in [3.8, 4) is 0 Å². The van der Waals surface area contributed by atoms with Crippen LogP contribution in [0.5, 0.6) is 0 Å². The molecule has 1 amide bonds. The van der Waals surface area contributed by atoms with E-state index in [9.17, 15) is 4.79 Å². The molecule has 2 saturated carbocycles. The minimum atomic E-state index is -0.425. The van der Waals surface area contributed by atoms with Crippen molar-refractivity contribution in [2.75, 3.05) is 6.54 Å². The fourth-order valence-electron chi connectivity index (χ4n) is 5.32. The number of benzene rings is 1. The third kappa shape index (κ3) is 2.76. The van der Waals surface area contributed by atoms with E-state index in [1.165, 1.54) is 56.1 Å². The highest BCUT2D eigenvalue weighted by Crippen LogP contribution is 2.54. The van der Waals surface area contributed by atoms with Crippen LogP contribution < -0.4 is 5.48 Å². The molecule has 1 atom stereocenters. The molecule has 1 aliphatic heterocycles. The Balaban J connectivity index is 1.46. The van der Waals surface area contributed by atoms with E-state index < -0.39 is 5.91 Å². The van der Waals surface area contributed by atoms with Crippen LogP contribution in [0.1, 0.15) is 79.3 Å². The zero-order valence-corrected chi connectivity index (χ0v) is 14.6. The second-order valence-electron chi connectivity index (χ2n) is 8.31. The second kappa shape index (κ2) is 6.16. The molecule has 1 unspecified atom stereocenters. The van der Waals surface area contributed by atoms with E-state index in [-0.39, 0.29) is 0 Å². The maximum atomic E-state index is 11.6. The highest BCUT2D eigenvalue weighted by molar-refractivity contribution is 5.93. The van der Waals surface area contributed by atoms with Crippen LogP contribution in [-0.4, -0.2) is 28.6 Å². The van der Waals surface area contributed by atoms with Crippen molar-refractivity contribution in [1.82, 2.24) is 10.4 Å². The molecule has 3 aliphatic rings. The van der Waals surface area contributed by atoms with E-state index in [4.69, 9.17) is 5.21 Å². The van der Waals surface area contributed by atoms with Crippen LogP contribution in [0, 0.1) is 5.41 Å². The van der Waals surface area contributed by atoms with E-state index >= 15 is 0 Å². The molecule has 2 aliphatic carbocycles. The third-order valence-corrected chi connectivity index (χ3v) is 6.69. The Bertz CT molecular complexity index is 629. The van der Waals surface area contributed by atoms with Gasteiger partial charge in [-0.25, -0.2) is 5.48 Å². The topological polar surface area (TPSA) is 52.6 Å².